The first-order valence-corrected chi connectivity index (χ1v) is 11.5. The third-order valence-electron chi connectivity index (χ3n) is 6.57. The molecule has 0 radical (unpaired) electrons. The third kappa shape index (κ3) is 3.96. The summed E-state index contributed by atoms with van der Waals surface area (Å²) >= 11 is 0. The third-order valence-corrected chi connectivity index (χ3v) is 6.57. The molecule has 180 valence electrons. The molecule has 0 atom stereocenters. The summed E-state index contributed by atoms with van der Waals surface area (Å²) in [5.74, 6) is 0.833. The van der Waals surface area contributed by atoms with Gasteiger partial charge in [-0.3, -0.25) is 14.4 Å². The zero-order valence-corrected chi connectivity index (χ0v) is 19.3. The highest BCUT2D eigenvalue weighted by molar-refractivity contribution is 6.13. The lowest BCUT2D eigenvalue weighted by Gasteiger charge is -2.45. The molecular weight excluding hydrogens is 440 g/mol. The summed E-state index contributed by atoms with van der Waals surface area (Å²) in [6.07, 6.45) is 1.88. The second-order valence-electron chi connectivity index (χ2n) is 8.86. The number of nitrogens with one attached hydrogen (secondary N) is 3. The summed E-state index contributed by atoms with van der Waals surface area (Å²) in [5, 5.41) is 8.99. The molecule has 3 amide bonds. The Kier molecular flexibility index (Phi) is 5.64. The Morgan fingerprint density at radius 1 is 1.24 bits per heavy atom. The predicted octanol–water partition coefficient (Wildman–Crippen LogP) is 0.622. The number of anilines is 2. The topological polar surface area (TPSA) is 129 Å². The molecule has 5 rings (SSSR count). The molecule has 3 N–H and O–H groups in total. The van der Waals surface area contributed by atoms with E-state index in [9.17, 15) is 14.4 Å². The van der Waals surface area contributed by atoms with E-state index in [2.05, 4.69) is 25.8 Å². The zero-order chi connectivity index (χ0) is 23.9. The number of carbonyl (C=O) groups excluding carboxylic acids is 3. The van der Waals surface area contributed by atoms with E-state index in [1.165, 1.54) is 6.26 Å². The second kappa shape index (κ2) is 8.64. The largest absolute Gasteiger partial charge is 0.476 e. The molecule has 2 aromatic rings. The Bertz CT molecular complexity index is 1130. The van der Waals surface area contributed by atoms with Crippen molar-refractivity contribution in [1.29, 1.82) is 0 Å². The van der Waals surface area contributed by atoms with Crippen LogP contribution in [-0.4, -0.2) is 79.0 Å². The van der Waals surface area contributed by atoms with Crippen LogP contribution in [0.15, 0.2) is 22.8 Å². The molecule has 0 bridgehead atoms. The fourth-order valence-electron chi connectivity index (χ4n) is 4.63. The maximum atomic E-state index is 13.1. The number of hydrogen-bond donors (Lipinski definition) is 3. The van der Waals surface area contributed by atoms with Gasteiger partial charge in [-0.1, -0.05) is 0 Å². The minimum Gasteiger partial charge on any atom is -0.476 e. The predicted molar refractivity (Wildman–Crippen MR) is 123 cm³/mol. The summed E-state index contributed by atoms with van der Waals surface area (Å²) in [6, 6.07) is 3.55. The van der Waals surface area contributed by atoms with Crippen molar-refractivity contribution in [3.05, 3.63) is 35.3 Å². The molecule has 5 heterocycles. The van der Waals surface area contributed by atoms with Gasteiger partial charge in [-0.05, 0) is 19.1 Å². The van der Waals surface area contributed by atoms with Gasteiger partial charge in [0.2, 0.25) is 11.8 Å². The number of amides is 3. The fourth-order valence-corrected chi connectivity index (χ4v) is 4.63. The van der Waals surface area contributed by atoms with E-state index >= 15 is 0 Å². The van der Waals surface area contributed by atoms with Crippen LogP contribution < -0.4 is 25.6 Å². The van der Waals surface area contributed by atoms with Crippen LogP contribution in [-0.2, 0) is 11.2 Å². The Morgan fingerprint density at radius 3 is 2.65 bits per heavy atom. The molecule has 34 heavy (non-hydrogen) atoms. The van der Waals surface area contributed by atoms with Crippen LogP contribution in [0.25, 0.3) is 0 Å². The van der Waals surface area contributed by atoms with Crippen LogP contribution in [0.3, 0.4) is 0 Å². The van der Waals surface area contributed by atoms with Gasteiger partial charge in [-0.25, -0.2) is 0 Å². The van der Waals surface area contributed by atoms with Crippen molar-refractivity contribution >= 4 is 29.2 Å². The van der Waals surface area contributed by atoms with Crippen molar-refractivity contribution in [3.8, 4) is 5.88 Å². The molecule has 2 fully saturated rings. The highest BCUT2D eigenvalue weighted by Gasteiger charge is 2.45. The lowest BCUT2D eigenvalue weighted by molar-refractivity contribution is -0.129. The molecule has 0 unspecified atom stereocenters. The van der Waals surface area contributed by atoms with Gasteiger partial charge in [-0.15, -0.1) is 0 Å². The fraction of sp³-hybridized carbons (Fsp3) is 0.478. The maximum Gasteiger partial charge on any atom is 0.259 e. The highest BCUT2D eigenvalue weighted by Crippen LogP contribution is 2.32. The first-order valence-electron chi connectivity index (χ1n) is 11.5. The first kappa shape index (κ1) is 22.2. The molecule has 0 aliphatic carbocycles. The van der Waals surface area contributed by atoms with E-state index in [1.54, 1.807) is 17.9 Å². The average molecular weight is 469 g/mol. The number of piperazine rings is 1. The van der Waals surface area contributed by atoms with Crippen molar-refractivity contribution in [3.63, 3.8) is 0 Å². The number of furan rings is 1. The van der Waals surface area contributed by atoms with Gasteiger partial charge in [-0.2, -0.15) is 4.98 Å². The minimum absolute atomic E-state index is 0.0651. The summed E-state index contributed by atoms with van der Waals surface area (Å²) in [7, 11) is 0. The quantitative estimate of drug-likeness (QED) is 0.583. The zero-order valence-electron chi connectivity index (χ0n) is 19.3. The molecule has 0 aromatic carbocycles. The van der Waals surface area contributed by atoms with Crippen LogP contribution in [0, 0.1) is 0 Å². The smallest absolute Gasteiger partial charge is 0.259 e. The average Bonchev–Trinajstić information content (AvgIpc) is 3.24. The monoisotopic (exact) mass is 468 g/mol. The molecular formula is C23H28N6O5. The molecule has 0 saturated carbocycles. The number of ether oxygens (including phenoxy) is 1. The van der Waals surface area contributed by atoms with E-state index in [4.69, 9.17) is 9.15 Å². The van der Waals surface area contributed by atoms with Gasteiger partial charge in [0.25, 0.3) is 11.8 Å². The van der Waals surface area contributed by atoms with Crippen molar-refractivity contribution in [2.45, 2.75) is 25.8 Å². The maximum absolute atomic E-state index is 13.1. The van der Waals surface area contributed by atoms with E-state index in [0.717, 1.165) is 0 Å². The Morgan fingerprint density at radius 2 is 2.00 bits per heavy atom. The number of hydrogen-bond acceptors (Lipinski definition) is 8. The van der Waals surface area contributed by atoms with Crippen LogP contribution in [0.5, 0.6) is 5.88 Å². The Balaban J connectivity index is 1.33. The van der Waals surface area contributed by atoms with Crippen LogP contribution in [0.4, 0.5) is 11.5 Å². The minimum atomic E-state index is -0.464. The number of pyridine rings is 1. The van der Waals surface area contributed by atoms with Crippen LogP contribution in [0.2, 0.25) is 0 Å². The lowest BCUT2D eigenvalue weighted by atomic mass is 9.82. The number of carbonyl (C=O) groups is 3. The molecule has 11 heteroatoms. The van der Waals surface area contributed by atoms with Crippen LogP contribution >= 0.6 is 0 Å². The van der Waals surface area contributed by atoms with E-state index in [0.29, 0.717) is 75.4 Å². The Labute approximate surface area is 196 Å². The number of aromatic nitrogens is 1. The van der Waals surface area contributed by atoms with E-state index in [1.807, 2.05) is 13.0 Å². The van der Waals surface area contributed by atoms with Crippen molar-refractivity contribution in [1.82, 2.24) is 20.5 Å². The van der Waals surface area contributed by atoms with Gasteiger partial charge in [0, 0.05) is 52.6 Å². The first-order chi connectivity index (χ1) is 16.4. The van der Waals surface area contributed by atoms with Crippen molar-refractivity contribution in [2.24, 2.45) is 0 Å². The SMILES string of the molecule is CCOc1nc(N2CCN(C(C)=O)CC2)ccc1NC(=O)c1coc2c1C(=O)NC1(CNC1)C2. The number of rotatable bonds is 5. The van der Waals surface area contributed by atoms with E-state index < -0.39 is 5.91 Å². The normalized spacial score (nSPS) is 18.7. The molecule has 3 aliphatic rings. The number of nitrogens with zero attached hydrogens (tertiary/aromatic N) is 3. The summed E-state index contributed by atoms with van der Waals surface area (Å²) in [6.45, 7) is 7.73. The molecule has 11 nitrogen and oxygen atoms in total. The Hall–Kier alpha value is -3.60. The van der Waals surface area contributed by atoms with Gasteiger partial charge >= 0.3 is 0 Å². The molecule has 3 aliphatic heterocycles. The van der Waals surface area contributed by atoms with E-state index in [-0.39, 0.29) is 28.5 Å². The highest BCUT2D eigenvalue weighted by atomic mass is 16.5. The summed E-state index contributed by atoms with van der Waals surface area (Å²) in [4.78, 5) is 45.9. The molecule has 2 aromatic heterocycles. The lowest BCUT2D eigenvalue weighted by Crippen LogP contribution is -2.71. The van der Waals surface area contributed by atoms with Gasteiger partial charge in [0.05, 0.1) is 23.3 Å². The molecule has 2 saturated heterocycles. The summed E-state index contributed by atoms with van der Waals surface area (Å²) < 4.78 is 11.3. The van der Waals surface area contributed by atoms with Crippen molar-refractivity contribution < 1.29 is 23.5 Å². The van der Waals surface area contributed by atoms with Gasteiger partial charge in [0.15, 0.2) is 0 Å². The van der Waals surface area contributed by atoms with Crippen LogP contribution in [0.1, 0.15) is 40.3 Å². The number of fused-ring (bicyclic) bond motifs is 1. The summed E-state index contributed by atoms with van der Waals surface area (Å²) in [5.41, 5.74) is 0.541. The molecule has 1 spiro atoms. The van der Waals surface area contributed by atoms with Gasteiger partial charge < -0.3 is 34.9 Å². The van der Waals surface area contributed by atoms with Gasteiger partial charge in [0.1, 0.15) is 23.5 Å². The van der Waals surface area contributed by atoms with Crippen molar-refractivity contribution in [2.75, 3.05) is 56.1 Å². The standard InChI is InChI=1S/C23H28N6O5/c1-3-33-22-16(4-5-18(26-22)29-8-6-28(7-9-29)14(2)30)25-20(31)15-11-34-17-10-23(12-24-13-23)27-21(32)19(15)17/h4-5,11,24H,3,6-10,12-13H2,1-2H3,(H,25,31)(H,27,32). The second-order valence-corrected chi connectivity index (χ2v) is 8.86.